The van der Waals surface area contributed by atoms with E-state index in [1.54, 1.807) is 18.2 Å². The van der Waals surface area contributed by atoms with Crippen LogP contribution in [0.2, 0.25) is 0 Å². The molecule has 516 valence electrons. The first kappa shape index (κ1) is 71.8. The topological polar surface area (TPSA) is 438 Å². The number of rotatable bonds is 31. The zero-order chi connectivity index (χ0) is 69.2. The molecule has 2 amide bonds. The molecule has 1 saturated heterocycles. The number of ether oxygens (including phenoxy) is 15. The van der Waals surface area contributed by atoms with Gasteiger partial charge in [0.25, 0.3) is 11.8 Å². The summed E-state index contributed by atoms with van der Waals surface area (Å²) in [5.41, 5.74) is 8.45. The minimum atomic E-state index is -5.29. The van der Waals surface area contributed by atoms with Crippen molar-refractivity contribution in [1.29, 1.82) is 0 Å². The first-order chi connectivity index (χ1) is 45.9. The van der Waals surface area contributed by atoms with Gasteiger partial charge in [0, 0.05) is 71.0 Å². The maximum absolute atomic E-state index is 14.5. The van der Waals surface area contributed by atoms with Crippen molar-refractivity contribution in [1.82, 2.24) is 10.6 Å². The van der Waals surface area contributed by atoms with Crippen molar-refractivity contribution in [3.05, 3.63) is 117 Å². The molecule has 0 unspecified atom stereocenters. The largest absolute Gasteiger partial charge is 0.501 e. The molecule has 4 aromatic carbocycles. The number of carbonyl (C=O) groups excluding carboxylic acids is 9. The Labute approximate surface area is 547 Å². The third-order valence-electron chi connectivity index (χ3n) is 14.3. The SMILES string of the molecule is CC(=O)OC[C@H]1O[C@@H](Oc2ccc(C(=O)NCCOCCOCCOCCN=[N+]=[N-])cc2OS(=O)(=O)Oc2ccc(COc3c4c(cc5c3C(=O)N[C@H]3[C@H](OC(C)=O)[C@H](OC(C)=O)[C@@H](O)[C@H](OC(=O)c6ccccc6)[C@H]53)OCO4)cc2)[C@H](OC(C)=O)[C@@H](OC(C)=O)[C@H]1OC(C)=O. The maximum atomic E-state index is 14.5. The van der Waals surface area contributed by atoms with Crippen LogP contribution in [0.25, 0.3) is 10.4 Å². The van der Waals surface area contributed by atoms with Gasteiger partial charge in [-0.05, 0) is 65.2 Å². The zero-order valence-electron chi connectivity index (χ0n) is 52.3. The number of hydrogen-bond donors (Lipinski definition) is 3. The van der Waals surface area contributed by atoms with Gasteiger partial charge < -0.3 is 95.2 Å². The predicted octanol–water partition coefficient (Wildman–Crippen LogP) is 2.91. The van der Waals surface area contributed by atoms with Gasteiger partial charge in [-0.25, -0.2) is 4.79 Å². The predicted molar refractivity (Wildman–Crippen MR) is 318 cm³/mol. The summed E-state index contributed by atoms with van der Waals surface area (Å²) in [7, 11) is -5.29. The maximum Gasteiger partial charge on any atom is 0.501 e. The molecule has 96 heavy (non-hydrogen) atoms. The average Bonchev–Trinajstić information content (AvgIpc) is 0.881. The monoisotopic (exact) mass is 1370 g/mol. The lowest BCUT2D eigenvalue weighted by atomic mass is 9.69. The second-order valence-electron chi connectivity index (χ2n) is 21.2. The second-order valence-corrected chi connectivity index (χ2v) is 22.4. The number of esters is 7. The Morgan fingerprint density at radius 1 is 0.667 bits per heavy atom. The van der Waals surface area contributed by atoms with Crippen molar-refractivity contribution in [3.8, 4) is 34.5 Å². The van der Waals surface area contributed by atoms with Gasteiger partial charge >= 0.3 is 52.2 Å². The molecule has 0 bridgehead atoms. The molecular formula is C61H67N5O29S. The molecule has 4 aliphatic rings. The normalized spacial score (nSPS) is 22.1. The minimum Gasteiger partial charge on any atom is -0.484 e. The molecule has 3 aliphatic heterocycles. The number of carbonyl (C=O) groups is 9. The minimum absolute atomic E-state index is 0.00000273. The van der Waals surface area contributed by atoms with Crippen molar-refractivity contribution in [2.24, 2.45) is 5.11 Å². The summed E-state index contributed by atoms with van der Waals surface area (Å²) < 4.78 is 124. The zero-order valence-corrected chi connectivity index (χ0v) is 53.1. The highest BCUT2D eigenvalue weighted by molar-refractivity contribution is 7.82. The summed E-state index contributed by atoms with van der Waals surface area (Å²) in [6.45, 7) is 5.94. The lowest BCUT2D eigenvalue weighted by Gasteiger charge is -2.50. The molecule has 35 heteroatoms. The summed E-state index contributed by atoms with van der Waals surface area (Å²) in [5.74, 6) is -11.0. The summed E-state index contributed by atoms with van der Waals surface area (Å²) in [6, 6.07) is 16.2. The molecule has 34 nitrogen and oxygen atoms in total. The Kier molecular flexibility index (Phi) is 25.0. The molecule has 0 radical (unpaired) electrons. The number of nitrogens with zero attached hydrogens (tertiary/aromatic N) is 3. The molecule has 3 N–H and O–H groups in total. The quantitative estimate of drug-likeness (QED) is 0.0163. The first-order valence-corrected chi connectivity index (χ1v) is 30.8. The highest BCUT2D eigenvalue weighted by Gasteiger charge is 2.60. The summed E-state index contributed by atoms with van der Waals surface area (Å²) in [6.07, 6.45) is -15.2. The molecule has 3 heterocycles. The van der Waals surface area contributed by atoms with Crippen LogP contribution < -0.4 is 37.9 Å². The number of azide groups is 1. The van der Waals surface area contributed by atoms with Crippen molar-refractivity contribution in [3.63, 3.8) is 0 Å². The molecule has 2 fully saturated rings. The van der Waals surface area contributed by atoms with Crippen LogP contribution in [0.4, 0.5) is 0 Å². The van der Waals surface area contributed by atoms with Crippen molar-refractivity contribution < 1.29 is 136 Å². The van der Waals surface area contributed by atoms with E-state index in [-0.39, 0.29) is 111 Å². The van der Waals surface area contributed by atoms with Crippen molar-refractivity contribution in [2.45, 2.75) is 115 Å². The van der Waals surface area contributed by atoms with Gasteiger partial charge in [-0.15, -0.1) is 8.42 Å². The Bertz CT molecular complexity index is 3670. The van der Waals surface area contributed by atoms with Crippen LogP contribution in [0.3, 0.4) is 0 Å². The molecule has 8 rings (SSSR count). The number of aliphatic hydroxyl groups excluding tert-OH is 1. The van der Waals surface area contributed by atoms with E-state index in [9.17, 15) is 56.7 Å². The first-order valence-electron chi connectivity index (χ1n) is 29.5. The van der Waals surface area contributed by atoms with Crippen LogP contribution in [0.15, 0.2) is 84.0 Å². The Hall–Kier alpha value is -10.0. The van der Waals surface area contributed by atoms with Gasteiger partial charge in [0.2, 0.25) is 24.9 Å². The van der Waals surface area contributed by atoms with Gasteiger partial charge in [-0.2, -0.15) is 0 Å². The van der Waals surface area contributed by atoms with Crippen LogP contribution in [0, 0.1) is 0 Å². The summed E-state index contributed by atoms with van der Waals surface area (Å²) in [5, 5.41) is 20.7. The number of fused-ring (bicyclic) bond motifs is 4. The van der Waals surface area contributed by atoms with Gasteiger partial charge in [0.15, 0.2) is 47.4 Å². The smallest absolute Gasteiger partial charge is 0.484 e. The number of nitrogens with one attached hydrogen (secondary N) is 2. The van der Waals surface area contributed by atoms with E-state index in [0.29, 0.717) is 5.56 Å². The van der Waals surface area contributed by atoms with E-state index < -0.39 is 149 Å². The van der Waals surface area contributed by atoms with E-state index in [1.807, 2.05) is 0 Å². The standard InChI is InChI=1S/C61H67N5O29S/c1-31(67)82-29-45-51(86-32(2)68)56(89-35(5)71)57(90-36(6)72)61(92-45)91-42-17-14-39(58(74)63-18-20-79-22-24-81-25-23-80-21-19-64-66-62)26-43(42)95-96(77,78)94-40-15-12-37(13-16-40)28-83-53-47-41(27-44-50(53)85-30-84-44)46-48(65-59(47)75)54(87-33(3)69)55(88-34(4)70)49(73)52(46)93-60(76)38-10-8-7-9-11-38/h7-17,26-27,45-46,48-49,51-52,54-57,61,73H,18-25,28-30H2,1-6H3,(H,63,74)(H,65,75)/t45-,46-,48-,49+,51+,52-,54+,55-,56+,57-,61-/m1/s1. The van der Waals surface area contributed by atoms with Crippen LogP contribution in [0.5, 0.6) is 34.5 Å². The van der Waals surface area contributed by atoms with Crippen LogP contribution in [0.1, 0.15) is 89.7 Å². The van der Waals surface area contributed by atoms with E-state index in [4.69, 9.17) is 85.0 Å². The third-order valence-corrected chi connectivity index (χ3v) is 15.0. The fraction of sp³-hybridized carbons (Fsp3) is 0.459. The van der Waals surface area contributed by atoms with E-state index in [2.05, 4.69) is 20.7 Å². The van der Waals surface area contributed by atoms with E-state index in [0.717, 1.165) is 53.7 Å². The highest BCUT2D eigenvalue weighted by Crippen LogP contribution is 2.52. The van der Waals surface area contributed by atoms with Crippen LogP contribution >= 0.6 is 0 Å². The van der Waals surface area contributed by atoms with Gasteiger partial charge in [-0.3, -0.25) is 38.4 Å². The molecule has 4 aromatic rings. The number of aliphatic hydroxyl groups is 1. The molecule has 0 aromatic heterocycles. The Morgan fingerprint density at radius 2 is 1.29 bits per heavy atom. The molecule has 1 saturated carbocycles. The lowest BCUT2D eigenvalue weighted by Crippen LogP contribution is -2.68. The van der Waals surface area contributed by atoms with Gasteiger partial charge in [0.05, 0.1) is 56.8 Å². The molecular weight excluding hydrogens is 1300 g/mol. The van der Waals surface area contributed by atoms with Crippen LogP contribution in [-0.4, -0.2) is 194 Å². The average molecular weight is 1370 g/mol. The third kappa shape index (κ3) is 19.1. The lowest BCUT2D eigenvalue weighted by molar-refractivity contribution is -0.288. The molecule has 11 atom stereocenters. The Balaban J connectivity index is 1.04. The van der Waals surface area contributed by atoms with E-state index >= 15 is 0 Å². The Morgan fingerprint density at radius 3 is 1.95 bits per heavy atom. The fourth-order valence-corrected chi connectivity index (χ4v) is 11.2. The van der Waals surface area contributed by atoms with Crippen molar-refractivity contribution >= 4 is 64.0 Å². The van der Waals surface area contributed by atoms with Crippen LogP contribution in [-0.2, 0) is 97.9 Å². The number of amides is 2. The van der Waals surface area contributed by atoms with Gasteiger partial charge in [0.1, 0.15) is 37.3 Å². The molecule has 1 aliphatic carbocycles. The number of hydrogen-bond acceptors (Lipinski definition) is 30. The number of benzene rings is 4. The molecule has 0 spiro atoms. The fourth-order valence-electron chi connectivity index (χ4n) is 10.5. The van der Waals surface area contributed by atoms with E-state index in [1.165, 1.54) is 48.5 Å². The summed E-state index contributed by atoms with van der Waals surface area (Å²) >= 11 is 0. The summed E-state index contributed by atoms with van der Waals surface area (Å²) in [4.78, 5) is 119. The van der Waals surface area contributed by atoms with Crippen molar-refractivity contribution in [2.75, 3.05) is 66.1 Å². The highest BCUT2D eigenvalue weighted by atomic mass is 32.3. The van der Waals surface area contributed by atoms with Gasteiger partial charge in [-0.1, -0.05) is 35.4 Å². The second kappa shape index (κ2) is 33.4.